The minimum atomic E-state index is -0.715. The molecule has 0 bridgehead atoms. The number of benzene rings is 3. The largest absolute Gasteiger partial charge is 0.397 e. The standard InChI is InChI=1S/C40H47N7O3/c1-4-28(2)19-22-42-39(50)46-35(38(49)44-32-13-9-6-10-14-32)26-40(3)20-23-47(24-21-40)36-18-16-31(27-43-36)37(48)45-34-25-30(15-17-33(34)41)29-11-7-5-8-12-29/h4-18,25,27,35H,19-24,26,41H2,1-3H3,(H,44,49)(H,45,48)(H2,42,46,50)/b28-4+. The van der Waals surface area contributed by atoms with Crippen LogP contribution in [0, 0.1) is 5.41 Å². The van der Waals surface area contributed by atoms with E-state index in [4.69, 9.17) is 5.73 Å². The molecule has 0 saturated carbocycles. The summed E-state index contributed by atoms with van der Waals surface area (Å²) in [7, 11) is 0. The Labute approximate surface area is 294 Å². The lowest BCUT2D eigenvalue weighted by Gasteiger charge is -2.41. The highest BCUT2D eigenvalue weighted by Crippen LogP contribution is 2.37. The molecule has 3 aromatic carbocycles. The van der Waals surface area contributed by atoms with Crippen molar-refractivity contribution in [2.24, 2.45) is 5.41 Å². The molecular formula is C40H47N7O3. The number of nitrogen functional groups attached to an aromatic ring is 1. The highest BCUT2D eigenvalue weighted by Gasteiger charge is 2.36. The summed E-state index contributed by atoms with van der Waals surface area (Å²) in [6, 6.07) is 27.3. The molecule has 1 aliphatic rings. The lowest BCUT2D eigenvalue weighted by atomic mass is 9.75. The van der Waals surface area contributed by atoms with Crippen molar-refractivity contribution in [1.29, 1.82) is 0 Å². The summed E-state index contributed by atoms with van der Waals surface area (Å²) in [5, 5.41) is 11.7. The molecule has 10 nitrogen and oxygen atoms in total. The predicted molar refractivity (Wildman–Crippen MR) is 202 cm³/mol. The molecule has 1 saturated heterocycles. The maximum atomic E-state index is 13.5. The molecule has 6 N–H and O–H groups in total. The zero-order valence-corrected chi connectivity index (χ0v) is 29.0. The van der Waals surface area contributed by atoms with Crippen LogP contribution >= 0.6 is 0 Å². The number of amides is 4. The molecule has 0 spiro atoms. The van der Waals surface area contributed by atoms with Gasteiger partial charge in [0.2, 0.25) is 5.91 Å². The number of para-hydroxylation sites is 1. The summed E-state index contributed by atoms with van der Waals surface area (Å²) in [4.78, 5) is 46.3. The van der Waals surface area contributed by atoms with Gasteiger partial charge in [0.05, 0.1) is 16.9 Å². The topological polar surface area (TPSA) is 141 Å². The molecule has 0 aliphatic carbocycles. The van der Waals surface area contributed by atoms with E-state index in [1.165, 1.54) is 5.57 Å². The molecule has 0 radical (unpaired) electrons. The number of nitrogens with zero attached hydrogens (tertiary/aromatic N) is 2. The number of piperidine rings is 1. The number of hydrogen-bond donors (Lipinski definition) is 5. The normalized spacial score (nSPS) is 14.7. The zero-order valence-electron chi connectivity index (χ0n) is 29.0. The lowest BCUT2D eigenvalue weighted by molar-refractivity contribution is -0.118. The Bertz CT molecular complexity index is 1790. The summed E-state index contributed by atoms with van der Waals surface area (Å²) in [6.07, 6.45) is 6.43. The van der Waals surface area contributed by atoms with Gasteiger partial charge in [-0.1, -0.05) is 73.2 Å². The van der Waals surface area contributed by atoms with Gasteiger partial charge in [-0.25, -0.2) is 9.78 Å². The summed E-state index contributed by atoms with van der Waals surface area (Å²) in [6.45, 7) is 8.10. The first-order chi connectivity index (χ1) is 24.1. The van der Waals surface area contributed by atoms with E-state index < -0.39 is 6.04 Å². The smallest absolute Gasteiger partial charge is 0.315 e. The highest BCUT2D eigenvalue weighted by atomic mass is 16.2. The van der Waals surface area contributed by atoms with E-state index in [0.29, 0.717) is 35.6 Å². The number of nitrogens with one attached hydrogen (secondary N) is 4. The van der Waals surface area contributed by atoms with E-state index >= 15 is 0 Å². The van der Waals surface area contributed by atoms with Gasteiger partial charge in [0.1, 0.15) is 11.9 Å². The highest BCUT2D eigenvalue weighted by molar-refractivity contribution is 6.06. The molecule has 5 rings (SSSR count). The van der Waals surface area contributed by atoms with E-state index in [-0.39, 0.29) is 23.3 Å². The molecular weight excluding hydrogens is 626 g/mol. The van der Waals surface area contributed by atoms with Crippen LogP contribution in [0.15, 0.2) is 109 Å². The van der Waals surface area contributed by atoms with Crippen LogP contribution in [0.5, 0.6) is 0 Å². The number of nitrogens with two attached hydrogens (primary N) is 1. The van der Waals surface area contributed by atoms with E-state index in [0.717, 1.165) is 49.3 Å². The second kappa shape index (κ2) is 16.6. The second-order valence-electron chi connectivity index (χ2n) is 13.2. The number of carbonyl (C=O) groups is 3. The molecule has 2 heterocycles. The molecule has 1 aliphatic heterocycles. The zero-order chi connectivity index (χ0) is 35.5. The number of rotatable bonds is 12. The van der Waals surface area contributed by atoms with E-state index in [1.54, 1.807) is 18.3 Å². The van der Waals surface area contributed by atoms with Crippen molar-refractivity contribution in [2.75, 3.05) is 40.9 Å². The number of pyridine rings is 1. The van der Waals surface area contributed by atoms with Gasteiger partial charge in [-0.15, -0.1) is 0 Å². The molecule has 50 heavy (non-hydrogen) atoms. The molecule has 1 fully saturated rings. The molecule has 1 aromatic heterocycles. The van der Waals surface area contributed by atoms with Crippen molar-refractivity contribution in [3.05, 3.63) is 114 Å². The Morgan fingerprint density at radius 3 is 2.28 bits per heavy atom. The van der Waals surface area contributed by atoms with Crippen LogP contribution in [0.2, 0.25) is 0 Å². The van der Waals surface area contributed by atoms with Gasteiger partial charge in [0.15, 0.2) is 0 Å². The van der Waals surface area contributed by atoms with Gasteiger partial charge in [-0.05, 0) is 92.5 Å². The molecule has 10 heteroatoms. The third-order valence-electron chi connectivity index (χ3n) is 9.37. The molecule has 260 valence electrons. The molecule has 4 aromatic rings. The van der Waals surface area contributed by atoms with Gasteiger partial charge in [0, 0.05) is 31.5 Å². The minimum absolute atomic E-state index is 0.196. The van der Waals surface area contributed by atoms with Crippen molar-refractivity contribution in [2.45, 2.75) is 52.5 Å². The minimum Gasteiger partial charge on any atom is -0.397 e. The van der Waals surface area contributed by atoms with Crippen LogP contribution in [-0.2, 0) is 4.79 Å². The summed E-state index contributed by atoms with van der Waals surface area (Å²) in [5.74, 6) is 0.241. The Morgan fingerprint density at radius 1 is 0.920 bits per heavy atom. The Morgan fingerprint density at radius 2 is 1.62 bits per heavy atom. The first-order valence-corrected chi connectivity index (χ1v) is 17.1. The Hall–Kier alpha value is -5.64. The number of urea groups is 1. The third kappa shape index (κ3) is 9.72. The fraction of sp³-hybridized carbons (Fsp3) is 0.300. The van der Waals surface area contributed by atoms with Gasteiger partial charge in [0.25, 0.3) is 5.91 Å². The number of anilines is 4. The average Bonchev–Trinajstić information content (AvgIpc) is 3.13. The average molecular weight is 674 g/mol. The fourth-order valence-electron chi connectivity index (χ4n) is 6.04. The second-order valence-corrected chi connectivity index (χ2v) is 13.2. The summed E-state index contributed by atoms with van der Waals surface area (Å²) in [5.41, 5.74) is 11.3. The summed E-state index contributed by atoms with van der Waals surface area (Å²) >= 11 is 0. The van der Waals surface area contributed by atoms with Crippen molar-refractivity contribution in [3.63, 3.8) is 0 Å². The van der Waals surface area contributed by atoms with Crippen molar-refractivity contribution < 1.29 is 14.4 Å². The van der Waals surface area contributed by atoms with Gasteiger partial charge in [-0.2, -0.15) is 0 Å². The quantitative estimate of drug-likeness (QED) is 0.0793. The van der Waals surface area contributed by atoms with Gasteiger partial charge >= 0.3 is 6.03 Å². The molecule has 1 atom stereocenters. The lowest BCUT2D eigenvalue weighted by Crippen LogP contribution is -2.51. The van der Waals surface area contributed by atoms with Crippen molar-refractivity contribution >= 4 is 40.7 Å². The Kier molecular flexibility index (Phi) is 11.9. The first-order valence-electron chi connectivity index (χ1n) is 17.1. The third-order valence-corrected chi connectivity index (χ3v) is 9.37. The van der Waals surface area contributed by atoms with E-state index in [2.05, 4.69) is 38.1 Å². The van der Waals surface area contributed by atoms with Crippen LogP contribution in [0.1, 0.15) is 56.8 Å². The number of carbonyl (C=O) groups excluding carboxylic acids is 3. The van der Waals surface area contributed by atoms with E-state index in [1.807, 2.05) is 98.8 Å². The van der Waals surface area contributed by atoms with Gasteiger partial charge < -0.3 is 31.9 Å². The first kappa shape index (κ1) is 35.7. The van der Waals surface area contributed by atoms with Crippen LogP contribution in [0.25, 0.3) is 11.1 Å². The fourth-order valence-corrected chi connectivity index (χ4v) is 6.04. The number of allylic oxidation sites excluding steroid dienone is 1. The number of aromatic nitrogens is 1. The van der Waals surface area contributed by atoms with Crippen LogP contribution in [0.4, 0.5) is 27.7 Å². The Balaban J connectivity index is 1.19. The predicted octanol–water partition coefficient (Wildman–Crippen LogP) is 7.24. The maximum Gasteiger partial charge on any atom is 0.315 e. The number of hydrogen-bond acceptors (Lipinski definition) is 6. The van der Waals surface area contributed by atoms with E-state index in [9.17, 15) is 14.4 Å². The maximum absolute atomic E-state index is 13.5. The molecule has 4 amide bonds. The van der Waals surface area contributed by atoms with Crippen LogP contribution < -0.4 is 31.9 Å². The monoisotopic (exact) mass is 673 g/mol. The van der Waals surface area contributed by atoms with Crippen molar-refractivity contribution in [3.8, 4) is 11.1 Å². The SMILES string of the molecule is C/C=C(\C)CCNC(=O)NC(CC1(C)CCN(c2ccc(C(=O)Nc3cc(-c4ccccc4)ccc3N)cn2)CC1)C(=O)Nc1ccccc1. The molecule has 1 unspecified atom stereocenters. The summed E-state index contributed by atoms with van der Waals surface area (Å²) < 4.78 is 0. The van der Waals surface area contributed by atoms with Gasteiger partial charge in [-0.3, -0.25) is 9.59 Å². The van der Waals surface area contributed by atoms with Crippen LogP contribution in [-0.4, -0.2) is 48.5 Å². The van der Waals surface area contributed by atoms with Crippen molar-refractivity contribution in [1.82, 2.24) is 15.6 Å². The van der Waals surface area contributed by atoms with Crippen LogP contribution in [0.3, 0.4) is 0 Å².